The van der Waals surface area contributed by atoms with Crippen molar-refractivity contribution in [1.29, 1.82) is 0 Å². The van der Waals surface area contributed by atoms with Crippen molar-refractivity contribution in [3.05, 3.63) is 59.7 Å². The maximum Gasteiger partial charge on any atom is 0.119 e. The van der Waals surface area contributed by atoms with E-state index in [0.29, 0.717) is 0 Å². The number of hydrogen-bond acceptors (Lipinski definition) is 3. The third-order valence-electron chi connectivity index (χ3n) is 3.87. The summed E-state index contributed by atoms with van der Waals surface area (Å²) in [6, 6.07) is 16.0. The van der Waals surface area contributed by atoms with Gasteiger partial charge in [-0.25, -0.2) is 0 Å². The highest BCUT2D eigenvalue weighted by Crippen LogP contribution is 2.32. The van der Waals surface area contributed by atoms with Crippen LogP contribution in [0.1, 0.15) is 30.6 Å². The van der Waals surface area contributed by atoms with Crippen LogP contribution >= 0.6 is 0 Å². The summed E-state index contributed by atoms with van der Waals surface area (Å²) in [4.78, 5) is 0. The Labute approximate surface area is 125 Å². The molecule has 0 bridgehead atoms. The number of anilines is 1. The number of nitrogens with one attached hydrogen (secondary N) is 1. The molecule has 0 fully saturated rings. The Hall–Kier alpha value is -2.00. The summed E-state index contributed by atoms with van der Waals surface area (Å²) >= 11 is 0. The van der Waals surface area contributed by atoms with E-state index in [0.717, 1.165) is 36.4 Å². The highest BCUT2D eigenvalue weighted by atomic mass is 16.5. The van der Waals surface area contributed by atoms with Crippen molar-refractivity contribution < 1.29 is 9.84 Å². The fourth-order valence-electron chi connectivity index (χ4n) is 2.73. The zero-order valence-electron chi connectivity index (χ0n) is 12.3. The fraction of sp³-hybridized carbons (Fsp3) is 0.333. The molecule has 0 spiro atoms. The van der Waals surface area contributed by atoms with Gasteiger partial charge in [-0.1, -0.05) is 37.3 Å². The van der Waals surface area contributed by atoms with Gasteiger partial charge in [0.05, 0.1) is 18.8 Å². The molecule has 1 heterocycles. The molecule has 0 saturated carbocycles. The number of para-hydroxylation sites is 1. The molecule has 3 nitrogen and oxygen atoms in total. The Bertz CT molecular complexity index is 569. The minimum Gasteiger partial charge on any atom is -0.494 e. The van der Waals surface area contributed by atoms with Crippen LogP contribution in [-0.4, -0.2) is 17.8 Å². The molecular formula is C18H21NO2. The van der Waals surface area contributed by atoms with Crippen LogP contribution in [0.3, 0.4) is 0 Å². The van der Waals surface area contributed by atoms with E-state index in [-0.39, 0.29) is 6.04 Å². The predicted octanol–water partition coefficient (Wildman–Crippen LogP) is 3.55. The topological polar surface area (TPSA) is 41.5 Å². The largest absolute Gasteiger partial charge is 0.494 e. The highest BCUT2D eigenvalue weighted by molar-refractivity contribution is 5.57. The monoisotopic (exact) mass is 283 g/mol. The van der Waals surface area contributed by atoms with Gasteiger partial charge in [0.25, 0.3) is 0 Å². The summed E-state index contributed by atoms with van der Waals surface area (Å²) in [5.74, 6) is 0.857. The quantitative estimate of drug-likeness (QED) is 0.882. The zero-order valence-corrected chi connectivity index (χ0v) is 12.3. The van der Waals surface area contributed by atoms with Crippen LogP contribution in [0.5, 0.6) is 5.75 Å². The third kappa shape index (κ3) is 3.03. The van der Waals surface area contributed by atoms with Gasteiger partial charge in [0.1, 0.15) is 5.75 Å². The van der Waals surface area contributed by atoms with Crippen molar-refractivity contribution in [3.63, 3.8) is 0 Å². The Morgan fingerprint density at radius 3 is 2.67 bits per heavy atom. The first-order valence-corrected chi connectivity index (χ1v) is 7.53. The Morgan fingerprint density at radius 2 is 1.95 bits per heavy atom. The molecular weight excluding hydrogens is 262 g/mol. The van der Waals surface area contributed by atoms with E-state index in [1.54, 1.807) is 0 Å². The molecule has 110 valence electrons. The summed E-state index contributed by atoms with van der Waals surface area (Å²) < 4.78 is 5.57. The van der Waals surface area contributed by atoms with Gasteiger partial charge in [-0.2, -0.15) is 0 Å². The van der Waals surface area contributed by atoms with E-state index in [9.17, 15) is 5.11 Å². The van der Waals surface area contributed by atoms with Gasteiger partial charge in [0.15, 0.2) is 0 Å². The molecule has 0 aromatic heterocycles. The summed E-state index contributed by atoms with van der Waals surface area (Å²) in [6.45, 7) is 2.81. The van der Waals surface area contributed by atoms with Crippen molar-refractivity contribution in [3.8, 4) is 5.75 Å². The molecule has 2 atom stereocenters. The maximum absolute atomic E-state index is 10.6. The molecule has 3 heteroatoms. The highest BCUT2D eigenvalue weighted by Gasteiger charge is 2.27. The summed E-state index contributed by atoms with van der Waals surface area (Å²) in [7, 11) is 0. The van der Waals surface area contributed by atoms with Crippen molar-refractivity contribution in [2.75, 3.05) is 11.9 Å². The minimum absolute atomic E-state index is 0.0322. The lowest BCUT2D eigenvalue weighted by atomic mass is 9.99. The number of aliphatic hydroxyl groups is 1. The Morgan fingerprint density at radius 1 is 1.19 bits per heavy atom. The number of ether oxygens (including phenoxy) is 1. The number of benzene rings is 2. The molecule has 3 rings (SSSR count). The van der Waals surface area contributed by atoms with Crippen LogP contribution in [0.2, 0.25) is 0 Å². The van der Waals surface area contributed by atoms with E-state index < -0.39 is 6.10 Å². The van der Waals surface area contributed by atoms with Gasteiger partial charge in [0, 0.05) is 5.69 Å². The molecule has 0 saturated heterocycles. The van der Waals surface area contributed by atoms with Gasteiger partial charge in [0.2, 0.25) is 0 Å². The van der Waals surface area contributed by atoms with Gasteiger partial charge in [-0.05, 0) is 42.2 Å². The van der Waals surface area contributed by atoms with Crippen LogP contribution in [0.4, 0.5) is 5.69 Å². The van der Waals surface area contributed by atoms with Crippen molar-refractivity contribution >= 4 is 5.69 Å². The van der Waals surface area contributed by atoms with Crippen LogP contribution in [0.25, 0.3) is 0 Å². The van der Waals surface area contributed by atoms with Crippen molar-refractivity contribution in [2.24, 2.45) is 0 Å². The van der Waals surface area contributed by atoms with Crippen LogP contribution in [-0.2, 0) is 6.42 Å². The number of hydrogen-bond donors (Lipinski definition) is 2. The summed E-state index contributed by atoms with van der Waals surface area (Å²) in [6.07, 6.45) is 1.33. The fourth-order valence-corrected chi connectivity index (χ4v) is 2.73. The molecule has 0 amide bonds. The molecule has 2 N–H and O–H groups in total. The van der Waals surface area contributed by atoms with Gasteiger partial charge in [-0.3, -0.25) is 0 Å². The average molecular weight is 283 g/mol. The van der Waals surface area contributed by atoms with Crippen LogP contribution < -0.4 is 10.1 Å². The van der Waals surface area contributed by atoms with Gasteiger partial charge in [-0.15, -0.1) is 0 Å². The van der Waals surface area contributed by atoms with Crippen LogP contribution in [0, 0.1) is 0 Å². The normalized spacial score (nSPS) is 17.9. The van der Waals surface area contributed by atoms with Gasteiger partial charge < -0.3 is 15.2 Å². The molecule has 2 aromatic rings. The molecule has 2 unspecified atom stereocenters. The SMILES string of the molecule is CCCOc1ccc(C(O)C2Cc3ccccc3N2)cc1. The second kappa shape index (κ2) is 6.19. The number of rotatable bonds is 5. The first-order chi connectivity index (χ1) is 10.3. The van der Waals surface area contributed by atoms with Crippen molar-refractivity contribution in [2.45, 2.75) is 31.9 Å². The number of fused-ring (bicyclic) bond motifs is 1. The lowest BCUT2D eigenvalue weighted by Crippen LogP contribution is -2.24. The van der Waals surface area contributed by atoms with E-state index in [1.165, 1.54) is 5.56 Å². The Kier molecular flexibility index (Phi) is 4.11. The standard InChI is InChI=1S/C18H21NO2/c1-2-11-21-15-9-7-13(8-10-15)18(20)17-12-14-5-3-4-6-16(14)19-17/h3-10,17-20H,2,11-12H2,1H3. The predicted molar refractivity (Wildman–Crippen MR) is 84.7 cm³/mol. The molecule has 21 heavy (non-hydrogen) atoms. The Balaban J connectivity index is 1.67. The van der Waals surface area contributed by atoms with E-state index >= 15 is 0 Å². The summed E-state index contributed by atoms with van der Waals surface area (Å²) in [5.41, 5.74) is 3.32. The average Bonchev–Trinajstić information content (AvgIpc) is 2.96. The first-order valence-electron chi connectivity index (χ1n) is 7.53. The van der Waals surface area contributed by atoms with Crippen molar-refractivity contribution in [1.82, 2.24) is 0 Å². The second-order valence-electron chi connectivity index (χ2n) is 5.47. The zero-order chi connectivity index (χ0) is 14.7. The first kappa shape index (κ1) is 14.0. The lowest BCUT2D eigenvalue weighted by molar-refractivity contribution is 0.156. The van der Waals surface area contributed by atoms with E-state index in [1.807, 2.05) is 36.4 Å². The molecule has 1 aliphatic heterocycles. The smallest absolute Gasteiger partial charge is 0.119 e. The minimum atomic E-state index is -0.516. The maximum atomic E-state index is 10.6. The molecule has 0 radical (unpaired) electrons. The van der Waals surface area contributed by atoms with E-state index in [2.05, 4.69) is 24.4 Å². The summed E-state index contributed by atoms with van der Waals surface area (Å²) in [5, 5.41) is 14.0. The molecule has 0 aliphatic carbocycles. The molecule has 2 aromatic carbocycles. The van der Waals surface area contributed by atoms with Gasteiger partial charge >= 0.3 is 0 Å². The second-order valence-corrected chi connectivity index (χ2v) is 5.47. The lowest BCUT2D eigenvalue weighted by Gasteiger charge is -2.19. The molecule has 1 aliphatic rings. The van der Waals surface area contributed by atoms with E-state index in [4.69, 9.17) is 4.74 Å². The van der Waals surface area contributed by atoms with Crippen LogP contribution in [0.15, 0.2) is 48.5 Å². The third-order valence-corrected chi connectivity index (χ3v) is 3.87. The number of aliphatic hydroxyl groups excluding tert-OH is 1.